The van der Waals surface area contributed by atoms with Crippen LogP contribution in [0, 0.1) is 0 Å². The molecule has 3 N–H and O–H groups in total. The molecule has 0 unspecified atom stereocenters. The summed E-state index contributed by atoms with van der Waals surface area (Å²) in [4.78, 5) is 30.7. The third kappa shape index (κ3) is 7.87. The number of allylic oxidation sites excluding steroid dienone is 2. The molecule has 1 saturated carbocycles. The fourth-order valence-corrected chi connectivity index (χ4v) is 6.55. The molecule has 0 spiro atoms. The van der Waals surface area contributed by atoms with Crippen molar-refractivity contribution in [3.63, 3.8) is 0 Å². The molecule has 2 fully saturated rings. The fraction of sp³-hybridized carbons (Fsp3) is 0.581. The molecule has 3 aliphatic rings. The van der Waals surface area contributed by atoms with Gasteiger partial charge in [-0.3, -0.25) is 4.90 Å². The number of rotatable bonds is 9. The lowest BCUT2D eigenvalue weighted by molar-refractivity contribution is -0.137. The van der Waals surface area contributed by atoms with Crippen molar-refractivity contribution in [1.82, 2.24) is 20.4 Å². The summed E-state index contributed by atoms with van der Waals surface area (Å²) in [5.41, 5.74) is 3.65. The minimum absolute atomic E-state index is 0.381. The van der Waals surface area contributed by atoms with Gasteiger partial charge < -0.3 is 30.3 Å². The molecule has 2 heterocycles. The standard InChI is InChI=1S/C31H45N5O4S/c1-21-26(29(37)39-3)28(27(22(2)33-21)30(38)40-4)23-11-13-24(14-12-23)34-31(41)32-15-8-16-35-17-19-36(20-18-35)25-9-6-5-7-10-25/h11-14,25,28,33H,5-10,15-20H2,1-4H3,(H2,32,34,41). The number of ether oxygens (including phenoxy) is 2. The first-order valence-electron chi connectivity index (χ1n) is 14.8. The molecule has 9 nitrogen and oxygen atoms in total. The zero-order valence-corrected chi connectivity index (χ0v) is 25.7. The Morgan fingerprint density at radius 3 is 2.07 bits per heavy atom. The van der Waals surface area contributed by atoms with Crippen LogP contribution in [-0.4, -0.2) is 86.4 Å². The van der Waals surface area contributed by atoms with Crippen LogP contribution >= 0.6 is 12.2 Å². The zero-order valence-electron chi connectivity index (χ0n) is 24.9. The highest BCUT2D eigenvalue weighted by atomic mass is 32.1. The smallest absolute Gasteiger partial charge is 0.336 e. The molecule has 1 aliphatic carbocycles. The average Bonchev–Trinajstić information content (AvgIpc) is 2.99. The third-order valence-electron chi connectivity index (χ3n) is 8.51. The summed E-state index contributed by atoms with van der Waals surface area (Å²) in [6.07, 6.45) is 8.00. The maximum absolute atomic E-state index is 12.7. The molecule has 4 rings (SSSR count). The van der Waals surface area contributed by atoms with Crippen molar-refractivity contribution in [3.8, 4) is 0 Å². The number of anilines is 1. The lowest BCUT2D eigenvalue weighted by Crippen LogP contribution is -2.51. The van der Waals surface area contributed by atoms with Crippen LogP contribution in [0.3, 0.4) is 0 Å². The van der Waals surface area contributed by atoms with Crippen molar-refractivity contribution in [2.75, 3.05) is 58.8 Å². The number of benzene rings is 1. The largest absolute Gasteiger partial charge is 0.466 e. The van der Waals surface area contributed by atoms with Crippen molar-refractivity contribution in [2.24, 2.45) is 0 Å². The van der Waals surface area contributed by atoms with Crippen molar-refractivity contribution in [2.45, 2.75) is 64.3 Å². The molecule has 1 aromatic rings. The SMILES string of the molecule is COC(=O)C1=C(C)NC(C)=C(C(=O)OC)C1c1ccc(NC(=S)NCCCN2CCN(C3CCCCC3)CC2)cc1. The summed E-state index contributed by atoms with van der Waals surface area (Å²) >= 11 is 5.53. The quantitative estimate of drug-likeness (QED) is 0.226. The normalized spacial score (nSPS) is 19.5. The second-order valence-electron chi connectivity index (χ2n) is 11.1. The minimum Gasteiger partial charge on any atom is -0.466 e. The minimum atomic E-state index is -0.611. The van der Waals surface area contributed by atoms with Crippen LogP contribution in [0.15, 0.2) is 46.8 Å². The Hall–Kier alpha value is -2.95. The van der Waals surface area contributed by atoms with E-state index in [1.54, 1.807) is 13.8 Å². The van der Waals surface area contributed by atoms with E-state index in [9.17, 15) is 9.59 Å². The molecule has 10 heteroatoms. The number of hydrogen-bond acceptors (Lipinski definition) is 8. The number of nitrogens with zero attached hydrogens (tertiary/aromatic N) is 2. The number of thiocarbonyl (C=S) groups is 1. The van der Waals surface area contributed by atoms with Gasteiger partial charge in [0.1, 0.15) is 0 Å². The molecular weight excluding hydrogens is 538 g/mol. The Morgan fingerprint density at radius 1 is 0.927 bits per heavy atom. The Balaban J connectivity index is 1.27. The summed E-state index contributed by atoms with van der Waals surface area (Å²) in [6, 6.07) is 8.38. The lowest BCUT2D eigenvalue weighted by Gasteiger charge is -2.40. The number of nitrogens with one attached hydrogen (secondary N) is 3. The molecule has 0 atom stereocenters. The number of esters is 2. The van der Waals surface area contributed by atoms with E-state index in [0.717, 1.165) is 49.9 Å². The van der Waals surface area contributed by atoms with Crippen LogP contribution in [0.1, 0.15) is 63.9 Å². The first-order chi connectivity index (χ1) is 19.8. The van der Waals surface area contributed by atoms with E-state index in [0.29, 0.717) is 27.7 Å². The van der Waals surface area contributed by atoms with E-state index in [4.69, 9.17) is 21.7 Å². The van der Waals surface area contributed by atoms with Gasteiger partial charge in [0.05, 0.1) is 31.3 Å². The second-order valence-corrected chi connectivity index (χ2v) is 11.6. The van der Waals surface area contributed by atoms with Crippen LogP contribution in [-0.2, 0) is 19.1 Å². The first-order valence-corrected chi connectivity index (χ1v) is 15.2. The van der Waals surface area contributed by atoms with Crippen LogP contribution in [0.25, 0.3) is 0 Å². The Bertz CT molecular complexity index is 1110. The highest BCUT2D eigenvalue weighted by Gasteiger charge is 2.37. The van der Waals surface area contributed by atoms with Gasteiger partial charge in [0.25, 0.3) is 0 Å². The number of carbonyl (C=O) groups excluding carboxylic acids is 2. The molecule has 0 amide bonds. The van der Waals surface area contributed by atoms with Crippen molar-refractivity contribution in [3.05, 3.63) is 52.4 Å². The fourth-order valence-electron chi connectivity index (χ4n) is 6.33. The molecule has 0 radical (unpaired) electrons. The highest BCUT2D eigenvalue weighted by Crippen LogP contribution is 2.39. The molecule has 41 heavy (non-hydrogen) atoms. The van der Waals surface area contributed by atoms with Gasteiger partial charge in [-0.1, -0.05) is 31.4 Å². The number of piperazine rings is 1. The van der Waals surface area contributed by atoms with Gasteiger partial charge >= 0.3 is 11.9 Å². The van der Waals surface area contributed by atoms with E-state index in [2.05, 4.69) is 25.8 Å². The molecule has 224 valence electrons. The lowest BCUT2D eigenvalue weighted by atomic mass is 9.80. The maximum atomic E-state index is 12.7. The van der Waals surface area contributed by atoms with E-state index in [-0.39, 0.29) is 0 Å². The topological polar surface area (TPSA) is 95.2 Å². The van der Waals surface area contributed by atoms with E-state index >= 15 is 0 Å². The first kappa shape index (κ1) is 31.0. The van der Waals surface area contributed by atoms with E-state index in [1.807, 2.05) is 24.3 Å². The van der Waals surface area contributed by atoms with Gasteiger partial charge in [0.2, 0.25) is 0 Å². The van der Waals surface area contributed by atoms with Gasteiger partial charge in [-0.05, 0) is 69.6 Å². The van der Waals surface area contributed by atoms with Crippen molar-refractivity contribution in [1.29, 1.82) is 0 Å². The van der Waals surface area contributed by atoms with Crippen LogP contribution in [0.4, 0.5) is 5.69 Å². The maximum Gasteiger partial charge on any atom is 0.336 e. The molecule has 0 bridgehead atoms. The predicted molar refractivity (Wildman–Crippen MR) is 165 cm³/mol. The van der Waals surface area contributed by atoms with Crippen molar-refractivity contribution >= 4 is 35.0 Å². The van der Waals surface area contributed by atoms with E-state index < -0.39 is 17.9 Å². The average molecular weight is 584 g/mol. The predicted octanol–water partition coefficient (Wildman–Crippen LogP) is 3.89. The van der Waals surface area contributed by atoms with E-state index in [1.165, 1.54) is 59.4 Å². The number of carbonyl (C=O) groups is 2. The Kier molecular flexibility index (Phi) is 11.2. The Morgan fingerprint density at radius 2 is 1.51 bits per heavy atom. The van der Waals surface area contributed by atoms with Crippen LogP contribution < -0.4 is 16.0 Å². The van der Waals surface area contributed by atoms with Gasteiger partial charge in [-0.15, -0.1) is 0 Å². The number of methoxy groups -OCH3 is 2. The molecule has 1 aromatic carbocycles. The van der Waals surface area contributed by atoms with Crippen LogP contribution in [0.2, 0.25) is 0 Å². The van der Waals surface area contributed by atoms with Gasteiger partial charge in [-0.25, -0.2) is 9.59 Å². The second kappa shape index (κ2) is 14.8. The van der Waals surface area contributed by atoms with Gasteiger partial charge in [-0.2, -0.15) is 0 Å². The molecule has 0 aromatic heterocycles. The number of hydrogen-bond donors (Lipinski definition) is 3. The number of dihydropyridines is 1. The molecular formula is C31H45N5O4S. The molecule has 1 saturated heterocycles. The van der Waals surface area contributed by atoms with Crippen LogP contribution in [0.5, 0.6) is 0 Å². The van der Waals surface area contributed by atoms with Gasteiger partial charge in [0.15, 0.2) is 5.11 Å². The zero-order chi connectivity index (χ0) is 29.4. The monoisotopic (exact) mass is 583 g/mol. The summed E-state index contributed by atoms with van der Waals surface area (Å²) < 4.78 is 10.1. The summed E-state index contributed by atoms with van der Waals surface area (Å²) in [5, 5.41) is 10.2. The highest BCUT2D eigenvalue weighted by molar-refractivity contribution is 7.80. The molecule has 2 aliphatic heterocycles. The summed E-state index contributed by atoms with van der Waals surface area (Å²) in [5.74, 6) is -1.60. The third-order valence-corrected chi connectivity index (χ3v) is 8.75. The van der Waals surface area contributed by atoms with Gasteiger partial charge in [0, 0.05) is 55.8 Å². The Labute approximate surface area is 249 Å². The summed E-state index contributed by atoms with van der Waals surface area (Å²) in [6.45, 7) is 10.2. The summed E-state index contributed by atoms with van der Waals surface area (Å²) in [7, 11) is 2.67. The van der Waals surface area contributed by atoms with Crippen molar-refractivity contribution < 1.29 is 19.1 Å².